The summed E-state index contributed by atoms with van der Waals surface area (Å²) in [5, 5.41) is 14.4. The number of nitrogens with one attached hydrogen (secondary N) is 1. The summed E-state index contributed by atoms with van der Waals surface area (Å²) in [6.45, 7) is 9.54. The normalized spacial score (nSPS) is 15.2. The number of aromatic nitrogens is 1. The van der Waals surface area contributed by atoms with E-state index in [-0.39, 0.29) is 5.41 Å². The Morgan fingerprint density at radius 2 is 2.22 bits per heavy atom. The number of hydrogen-bond acceptors (Lipinski definition) is 5. The molecule has 0 aliphatic rings. The molecular weight excluding hydrogens is 250 g/mol. The second-order valence-electron chi connectivity index (χ2n) is 5.54. The molecule has 1 aromatic heterocycles. The highest BCUT2D eigenvalue weighted by Crippen LogP contribution is 2.26. The van der Waals surface area contributed by atoms with Crippen LogP contribution in [0.2, 0.25) is 0 Å². The summed E-state index contributed by atoms with van der Waals surface area (Å²) in [4.78, 5) is 14.9. The van der Waals surface area contributed by atoms with Crippen molar-refractivity contribution in [3.05, 3.63) is 11.1 Å². The van der Waals surface area contributed by atoms with Gasteiger partial charge >= 0.3 is 5.97 Å². The van der Waals surface area contributed by atoms with Crippen LogP contribution < -0.4 is 11.1 Å². The molecule has 0 amide bonds. The Bertz CT molecular complexity index is 412. The molecule has 18 heavy (non-hydrogen) atoms. The molecule has 5 nitrogen and oxygen atoms in total. The van der Waals surface area contributed by atoms with Gasteiger partial charge in [0.25, 0.3) is 0 Å². The van der Waals surface area contributed by atoms with E-state index in [0.29, 0.717) is 11.6 Å². The molecule has 0 fully saturated rings. The average molecular weight is 271 g/mol. The lowest BCUT2D eigenvalue weighted by Gasteiger charge is -2.27. The van der Waals surface area contributed by atoms with Crippen molar-refractivity contribution in [2.75, 3.05) is 11.9 Å². The van der Waals surface area contributed by atoms with E-state index in [1.54, 1.807) is 5.38 Å². The van der Waals surface area contributed by atoms with Gasteiger partial charge in [0.05, 0.1) is 5.69 Å². The zero-order valence-corrected chi connectivity index (χ0v) is 12.0. The van der Waals surface area contributed by atoms with Crippen molar-refractivity contribution in [3.63, 3.8) is 0 Å². The van der Waals surface area contributed by atoms with Gasteiger partial charge in [0, 0.05) is 11.9 Å². The van der Waals surface area contributed by atoms with Gasteiger partial charge in [-0.15, -0.1) is 11.3 Å². The van der Waals surface area contributed by atoms with Gasteiger partial charge in [-0.1, -0.05) is 27.7 Å². The van der Waals surface area contributed by atoms with Crippen LogP contribution in [0.5, 0.6) is 0 Å². The lowest BCUT2D eigenvalue weighted by atomic mass is 9.82. The van der Waals surface area contributed by atoms with Gasteiger partial charge in [0.2, 0.25) is 0 Å². The zero-order valence-electron chi connectivity index (χ0n) is 11.2. The highest BCUT2D eigenvalue weighted by atomic mass is 32.1. The minimum absolute atomic E-state index is 0.227. The number of carboxylic acid groups (broad SMARTS) is 1. The topological polar surface area (TPSA) is 88.2 Å². The van der Waals surface area contributed by atoms with Gasteiger partial charge in [-0.25, -0.2) is 4.98 Å². The van der Waals surface area contributed by atoms with Gasteiger partial charge in [0.1, 0.15) is 6.04 Å². The van der Waals surface area contributed by atoms with E-state index in [1.165, 1.54) is 11.3 Å². The monoisotopic (exact) mass is 271 g/mol. The molecule has 2 unspecified atom stereocenters. The largest absolute Gasteiger partial charge is 0.480 e. The summed E-state index contributed by atoms with van der Waals surface area (Å²) in [5.74, 6) is -0.576. The fourth-order valence-corrected chi connectivity index (χ4v) is 1.94. The summed E-state index contributed by atoms with van der Waals surface area (Å²) in [5.41, 5.74) is 6.12. The number of anilines is 1. The Kier molecular flexibility index (Phi) is 4.70. The highest BCUT2D eigenvalue weighted by Gasteiger charge is 2.21. The van der Waals surface area contributed by atoms with Gasteiger partial charge in [-0.2, -0.15) is 0 Å². The van der Waals surface area contributed by atoms with Gasteiger partial charge in [0.15, 0.2) is 5.13 Å². The highest BCUT2D eigenvalue weighted by molar-refractivity contribution is 7.13. The molecule has 0 aromatic carbocycles. The molecule has 0 aliphatic heterocycles. The second kappa shape index (κ2) is 5.67. The third-order valence-corrected chi connectivity index (χ3v) is 3.96. The maximum absolute atomic E-state index is 10.7. The molecule has 0 aliphatic carbocycles. The van der Waals surface area contributed by atoms with Crippen molar-refractivity contribution in [1.82, 2.24) is 4.98 Å². The number of nitrogens with zero attached hydrogens (tertiary/aromatic N) is 1. The minimum Gasteiger partial charge on any atom is -0.480 e. The van der Waals surface area contributed by atoms with Crippen molar-refractivity contribution in [2.45, 2.75) is 33.7 Å². The molecule has 0 saturated heterocycles. The Morgan fingerprint density at radius 3 is 2.72 bits per heavy atom. The van der Waals surface area contributed by atoms with E-state index >= 15 is 0 Å². The number of hydrogen-bond donors (Lipinski definition) is 3. The van der Waals surface area contributed by atoms with Crippen LogP contribution in [0.25, 0.3) is 0 Å². The molecule has 0 bridgehead atoms. The Hall–Kier alpha value is -1.14. The fourth-order valence-electron chi connectivity index (χ4n) is 1.18. The molecule has 0 saturated carbocycles. The smallest absolute Gasteiger partial charge is 0.326 e. The van der Waals surface area contributed by atoms with Crippen LogP contribution in [0.1, 0.15) is 39.4 Å². The van der Waals surface area contributed by atoms with Crippen molar-refractivity contribution in [1.29, 1.82) is 0 Å². The van der Waals surface area contributed by atoms with Gasteiger partial charge < -0.3 is 16.2 Å². The predicted molar refractivity (Wildman–Crippen MR) is 73.8 cm³/mol. The third-order valence-electron chi connectivity index (χ3n) is 3.14. The molecule has 2 atom stereocenters. The Balaban J connectivity index is 2.57. The van der Waals surface area contributed by atoms with Crippen LogP contribution in [0.15, 0.2) is 5.38 Å². The van der Waals surface area contributed by atoms with Crippen molar-refractivity contribution in [2.24, 2.45) is 17.1 Å². The third kappa shape index (κ3) is 3.96. The number of thiazole rings is 1. The van der Waals surface area contributed by atoms with Crippen molar-refractivity contribution < 1.29 is 9.90 Å². The Labute approximate surface area is 111 Å². The first-order chi connectivity index (χ1) is 8.21. The number of nitrogens with two attached hydrogens (primary N) is 1. The molecule has 1 heterocycles. The first-order valence-electron chi connectivity index (χ1n) is 5.89. The number of aliphatic carboxylic acids is 1. The maximum Gasteiger partial charge on any atom is 0.326 e. The summed E-state index contributed by atoms with van der Waals surface area (Å²) >= 11 is 1.38. The molecule has 1 rings (SSSR count). The van der Waals surface area contributed by atoms with Crippen LogP contribution in [-0.2, 0) is 4.79 Å². The summed E-state index contributed by atoms with van der Waals surface area (Å²) < 4.78 is 0. The van der Waals surface area contributed by atoms with E-state index in [2.05, 4.69) is 38.0 Å². The first-order valence-corrected chi connectivity index (χ1v) is 6.77. The van der Waals surface area contributed by atoms with E-state index in [1.807, 2.05) is 0 Å². The van der Waals surface area contributed by atoms with E-state index < -0.39 is 12.0 Å². The number of carbonyl (C=O) groups is 1. The molecule has 102 valence electrons. The standard InChI is InChI=1S/C12H21N3O2S/c1-7(12(2,3)4)5-14-11-15-8(6-18-11)9(13)10(16)17/h6-7,9H,5,13H2,1-4H3,(H,14,15)(H,16,17). The van der Waals surface area contributed by atoms with Crippen molar-refractivity contribution in [3.8, 4) is 0 Å². The van der Waals surface area contributed by atoms with Crippen LogP contribution in [0.4, 0.5) is 5.13 Å². The van der Waals surface area contributed by atoms with Crippen LogP contribution in [-0.4, -0.2) is 22.6 Å². The quantitative estimate of drug-likeness (QED) is 0.765. The maximum atomic E-state index is 10.7. The summed E-state index contributed by atoms with van der Waals surface area (Å²) in [6, 6.07) is -1.04. The molecule has 0 spiro atoms. The average Bonchev–Trinajstić information content (AvgIpc) is 2.71. The van der Waals surface area contributed by atoms with Gasteiger partial charge in [-0.3, -0.25) is 4.79 Å². The van der Waals surface area contributed by atoms with E-state index in [0.717, 1.165) is 11.7 Å². The predicted octanol–water partition coefficient (Wildman–Crippen LogP) is 2.32. The molecule has 6 heteroatoms. The van der Waals surface area contributed by atoms with E-state index in [9.17, 15) is 4.79 Å². The van der Waals surface area contributed by atoms with E-state index in [4.69, 9.17) is 10.8 Å². The lowest BCUT2D eigenvalue weighted by Crippen LogP contribution is -2.25. The lowest BCUT2D eigenvalue weighted by molar-refractivity contribution is -0.138. The zero-order chi connectivity index (χ0) is 13.9. The fraction of sp³-hybridized carbons (Fsp3) is 0.667. The molecule has 1 aromatic rings. The second-order valence-corrected chi connectivity index (χ2v) is 6.40. The van der Waals surface area contributed by atoms with Crippen LogP contribution in [0, 0.1) is 11.3 Å². The van der Waals surface area contributed by atoms with Crippen LogP contribution in [0.3, 0.4) is 0 Å². The van der Waals surface area contributed by atoms with Crippen molar-refractivity contribution >= 4 is 22.4 Å². The summed E-state index contributed by atoms with van der Waals surface area (Å²) in [6.07, 6.45) is 0. The van der Waals surface area contributed by atoms with Gasteiger partial charge in [-0.05, 0) is 11.3 Å². The molecule has 4 N–H and O–H groups in total. The number of carboxylic acids is 1. The summed E-state index contributed by atoms with van der Waals surface area (Å²) in [7, 11) is 0. The Morgan fingerprint density at radius 1 is 1.61 bits per heavy atom. The molecular formula is C12H21N3O2S. The minimum atomic E-state index is -1.06. The SMILES string of the molecule is CC(CNc1nc(C(N)C(=O)O)cs1)C(C)(C)C. The van der Waals surface area contributed by atoms with Crippen LogP contribution >= 0.6 is 11.3 Å². The first kappa shape index (κ1) is 14.9. The number of rotatable bonds is 5. The molecule has 0 radical (unpaired) electrons.